The number of benzene rings is 1. The number of hydrogen-bond donors (Lipinski definition) is 2. The smallest absolute Gasteiger partial charge is 0.225 e. The lowest BCUT2D eigenvalue weighted by atomic mass is 10.2. The van der Waals surface area contributed by atoms with Gasteiger partial charge in [0.25, 0.3) is 0 Å². The molecule has 1 aromatic carbocycles. The first-order valence-corrected chi connectivity index (χ1v) is 4.66. The molecule has 2 aromatic rings. The van der Waals surface area contributed by atoms with E-state index in [1.165, 1.54) is 18.2 Å². The minimum atomic E-state index is -0.447. The Morgan fingerprint density at radius 2 is 1.69 bits per heavy atom. The van der Waals surface area contributed by atoms with Crippen molar-refractivity contribution in [2.45, 2.75) is 0 Å². The van der Waals surface area contributed by atoms with Crippen LogP contribution in [0.2, 0.25) is 5.02 Å². The third-order valence-corrected chi connectivity index (χ3v) is 2.17. The van der Waals surface area contributed by atoms with Crippen molar-refractivity contribution < 1.29 is 4.39 Å². The molecule has 5 nitrogen and oxygen atoms in total. The van der Waals surface area contributed by atoms with Crippen molar-refractivity contribution in [1.29, 1.82) is 0 Å². The predicted octanol–water partition coefficient (Wildman–Crippen LogP) is 1.50. The van der Waals surface area contributed by atoms with Crippen LogP contribution >= 0.6 is 11.6 Å². The van der Waals surface area contributed by atoms with Gasteiger partial charge in [-0.2, -0.15) is 15.0 Å². The van der Waals surface area contributed by atoms with Gasteiger partial charge in [-0.1, -0.05) is 11.6 Å². The molecular formula is C9H7ClFN5. The highest BCUT2D eigenvalue weighted by Crippen LogP contribution is 2.26. The van der Waals surface area contributed by atoms with Gasteiger partial charge in [0.2, 0.25) is 11.9 Å². The molecule has 0 aliphatic heterocycles. The Labute approximate surface area is 95.3 Å². The van der Waals surface area contributed by atoms with E-state index in [2.05, 4.69) is 15.0 Å². The average Bonchev–Trinajstić information content (AvgIpc) is 2.20. The topological polar surface area (TPSA) is 90.7 Å². The molecule has 0 atom stereocenters. The number of anilines is 2. The average molecular weight is 240 g/mol. The standard InChI is InChI=1S/C9H7ClFN5/c10-6-2-1-4(11)3-5(6)7-14-8(12)16-9(13)15-7/h1-3H,(H4,12,13,14,15,16). The van der Waals surface area contributed by atoms with E-state index in [9.17, 15) is 4.39 Å². The Morgan fingerprint density at radius 3 is 2.31 bits per heavy atom. The summed E-state index contributed by atoms with van der Waals surface area (Å²) in [5, 5.41) is 0.311. The van der Waals surface area contributed by atoms with Gasteiger partial charge in [-0.25, -0.2) is 4.39 Å². The molecule has 16 heavy (non-hydrogen) atoms. The van der Waals surface area contributed by atoms with Crippen molar-refractivity contribution >= 4 is 23.5 Å². The molecule has 7 heteroatoms. The molecule has 0 amide bonds. The summed E-state index contributed by atoms with van der Waals surface area (Å²) in [5.74, 6) is -0.378. The Balaban J connectivity index is 2.62. The van der Waals surface area contributed by atoms with E-state index < -0.39 is 5.82 Å². The van der Waals surface area contributed by atoms with Gasteiger partial charge in [-0.15, -0.1) is 0 Å². The summed E-state index contributed by atoms with van der Waals surface area (Å²) in [6.45, 7) is 0. The Morgan fingerprint density at radius 1 is 1.06 bits per heavy atom. The molecule has 1 heterocycles. The molecule has 82 valence electrons. The molecular weight excluding hydrogens is 233 g/mol. The van der Waals surface area contributed by atoms with E-state index >= 15 is 0 Å². The van der Waals surface area contributed by atoms with Crippen molar-refractivity contribution in [2.75, 3.05) is 11.5 Å². The van der Waals surface area contributed by atoms with Crippen molar-refractivity contribution in [3.63, 3.8) is 0 Å². The number of nitrogens with two attached hydrogens (primary N) is 2. The van der Waals surface area contributed by atoms with Crippen LogP contribution in [0, 0.1) is 5.82 Å². The molecule has 0 aliphatic carbocycles. The van der Waals surface area contributed by atoms with Gasteiger partial charge < -0.3 is 11.5 Å². The van der Waals surface area contributed by atoms with E-state index in [4.69, 9.17) is 23.1 Å². The second-order valence-corrected chi connectivity index (χ2v) is 3.41. The molecule has 0 saturated heterocycles. The first-order chi connectivity index (χ1) is 7.56. The third kappa shape index (κ3) is 2.01. The summed E-state index contributed by atoms with van der Waals surface area (Å²) >= 11 is 5.89. The van der Waals surface area contributed by atoms with Gasteiger partial charge in [0.05, 0.1) is 5.02 Å². The molecule has 2 rings (SSSR count). The lowest BCUT2D eigenvalue weighted by molar-refractivity contribution is 0.628. The monoisotopic (exact) mass is 239 g/mol. The molecule has 0 saturated carbocycles. The first-order valence-electron chi connectivity index (χ1n) is 4.28. The fourth-order valence-corrected chi connectivity index (χ4v) is 1.40. The molecule has 4 N–H and O–H groups in total. The maximum atomic E-state index is 13.0. The SMILES string of the molecule is Nc1nc(N)nc(-c2cc(F)ccc2Cl)n1. The van der Waals surface area contributed by atoms with Crippen LogP contribution in [0.1, 0.15) is 0 Å². The van der Waals surface area contributed by atoms with Crippen LogP contribution in [0.15, 0.2) is 18.2 Å². The zero-order valence-corrected chi connectivity index (χ0v) is 8.74. The third-order valence-electron chi connectivity index (χ3n) is 1.84. The van der Waals surface area contributed by atoms with Gasteiger partial charge in [0.1, 0.15) is 5.82 Å². The van der Waals surface area contributed by atoms with Crippen LogP contribution in [0.5, 0.6) is 0 Å². The second-order valence-electron chi connectivity index (χ2n) is 3.00. The number of aromatic nitrogens is 3. The molecule has 0 radical (unpaired) electrons. The largest absolute Gasteiger partial charge is 0.368 e. The lowest BCUT2D eigenvalue weighted by Crippen LogP contribution is -2.04. The molecule has 0 spiro atoms. The summed E-state index contributed by atoms with van der Waals surface area (Å²) in [6, 6.07) is 3.85. The highest BCUT2D eigenvalue weighted by atomic mass is 35.5. The number of halogens is 2. The molecule has 0 fully saturated rings. The van der Waals surface area contributed by atoms with Crippen molar-refractivity contribution in [2.24, 2.45) is 0 Å². The number of rotatable bonds is 1. The maximum absolute atomic E-state index is 13.0. The van der Waals surface area contributed by atoms with Gasteiger partial charge in [-0.3, -0.25) is 0 Å². The second kappa shape index (κ2) is 3.90. The molecule has 0 bridgehead atoms. The van der Waals surface area contributed by atoms with Crippen molar-refractivity contribution in [3.8, 4) is 11.4 Å². The zero-order chi connectivity index (χ0) is 11.7. The van der Waals surface area contributed by atoms with E-state index in [1.54, 1.807) is 0 Å². The molecule has 0 unspecified atom stereocenters. The molecule has 1 aromatic heterocycles. The Kier molecular flexibility index (Phi) is 2.57. The van der Waals surface area contributed by atoms with E-state index in [1.807, 2.05) is 0 Å². The van der Waals surface area contributed by atoms with Crippen LogP contribution < -0.4 is 11.5 Å². The Bertz CT molecular complexity index is 525. The minimum absolute atomic E-state index is 0.0390. The lowest BCUT2D eigenvalue weighted by Gasteiger charge is -2.04. The van der Waals surface area contributed by atoms with Crippen molar-refractivity contribution in [1.82, 2.24) is 15.0 Å². The van der Waals surface area contributed by atoms with Crippen LogP contribution in [0.3, 0.4) is 0 Å². The van der Waals surface area contributed by atoms with E-state index in [0.717, 1.165) is 0 Å². The Hall–Kier alpha value is -1.95. The zero-order valence-electron chi connectivity index (χ0n) is 7.98. The van der Waals surface area contributed by atoms with Crippen LogP contribution in [0.25, 0.3) is 11.4 Å². The number of nitrogen functional groups attached to an aromatic ring is 2. The van der Waals surface area contributed by atoms with Crippen LogP contribution in [-0.2, 0) is 0 Å². The van der Waals surface area contributed by atoms with Crippen molar-refractivity contribution in [3.05, 3.63) is 29.0 Å². The molecule has 0 aliphatic rings. The van der Waals surface area contributed by atoms with Gasteiger partial charge in [0, 0.05) is 5.56 Å². The summed E-state index contributed by atoms with van der Waals surface area (Å²) < 4.78 is 13.0. The minimum Gasteiger partial charge on any atom is -0.368 e. The normalized spacial score (nSPS) is 10.4. The van der Waals surface area contributed by atoms with Crippen LogP contribution in [-0.4, -0.2) is 15.0 Å². The highest BCUT2D eigenvalue weighted by molar-refractivity contribution is 6.33. The summed E-state index contributed by atoms with van der Waals surface area (Å²) in [7, 11) is 0. The maximum Gasteiger partial charge on any atom is 0.225 e. The van der Waals surface area contributed by atoms with Gasteiger partial charge in [-0.05, 0) is 18.2 Å². The fourth-order valence-electron chi connectivity index (χ4n) is 1.20. The van der Waals surface area contributed by atoms with E-state index in [-0.39, 0.29) is 17.7 Å². The number of hydrogen-bond acceptors (Lipinski definition) is 5. The summed E-state index contributed by atoms with van der Waals surface area (Å²) in [5.41, 5.74) is 11.1. The highest BCUT2D eigenvalue weighted by Gasteiger charge is 2.10. The number of nitrogens with zero attached hydrogens (tertiary/aromatic N) is 3. The summed E-state index contributed by atoms with van der Waals surface area (Å²) in [4.78, 5) is 11.3. The first kappa shape index (κ1) is 10.6. The van der Waals surface area contributed by atoms with E-state index in [0.29, 0.717) is 10.6 Å². The van der Waals surface area contributed by atoms with Gasteiger partial charge >= 0.3 is 0 Å². The van der Waals surface area contributed by atoms with Gasteiger partial charge in [0.15, 0.2) is 5.82 Å². The van der Waals surface area contributed by atoms with Crippen LogP contribution in [0.4, 0.5) is 16.3 Å². The predicted molar refractivity (Wildman–Crippen MR) is 59.1 cm³/mol. The fraction of sp³-hybridized carbons (Fsp3) is 0. The quantitative estimate of drug-likeness (QED) is 0.787. The summed E-state index contributed by atoms with van der Waals surface area (Å²) in [6.07, 6.45) is 0.